The fraction of sp³-hybridized carbons (Fsp3) is 0.0909. The molecule has 3 aliphatic rings. The van der Waals surface area contributed by atoms with Gasteiger partial charge in [0.25, 0.3) is 0 Å². The van der Waals surface area contributed by atoms with Crippen LogP contribution in [0.2, 0.25) is 0 Å². The Balaban J connectivity index is 1.09. The van der Waals surface area contributed by atoms with E-state index < -0.39 is 0 Å². The minimum absolute atomic E-state index is 0.263. The second-order valence-electron chi connectivity index (χ2n) is 12.2. The highest BCUT2D eigenvalue weighted by atomic mass is 15.2. The van der Waals surface area contributed by atoms with E-state index in [0.29, 0.717) is 11.8 Å². The van der Waals surface area contributed by atoms with Gasteiger partial charge < -0.3 is 9.80 Å². The van der Waals surface area contributed by atoms with Crippen molar-refractivity contribution in [3.05, 3.63) is 194 Å². The topological polar surface area (TPSA) is 6.48 Å². The average Bonchev–Trinajstić information content (AvgIpc) is 3.13. The van der Waals surface area contributed by atoms with Crippen molar-refractivity contribution >= 4 is 33.5 Å². The molecule has 0 radical (unpaired) electrons. The maximum Gasteiger partial charge on any atom is 0.0559 e. The van der Waals surface area contributed by atoms with Gasteiger partial charge in [-0.2, -0.15) is 0 Å². The van der Waals surface area contributed by atoms with Crippen LogP contribution >= 0.6 is 0 Å². The van der Waals surface area contributed by atoms with Crippen LogP contribution in [0.3, 0.4) is 0 Å². The third-order valence-electron chi connectivity index (χ3n) is 9.25. The highest BCUT2D eigenvalue weighted by molar-refractivity contribution is 5.87. The highest BCUT2D eigenvalue weighted by Crippen LogP contribution is 2.38. The van der Waals surface area contributed by atoms with E-state index in [0.717, 1.165) is 17.8 Å². The SMILES string of the molecule is C1=CCC(N(c2ccc(-c3ccc(N(C4=CC5C=CC=CC5C=C4)c4ccccc4)cc3)cc2)c2ccc3ccccc3c2)C=C1. The molecule has 0 saturated carbocycles. The molecule has 2 heteroatoms. The third-order valence-corrected chi connectivity index (χ3v) is 9.25. The summed E-state index contributed by atoms with van der Waals surface area (Å²) in [5.41, 5.74) is 8.31. The van der Waals surface area contributed by atoms with Crippen molar-refractivity contribution in [2.75, 3.05) is 9.80 Å². The second kappa shape index (κ2) is 12.4. The molecule has 8 rings (SSSR count). The van der Waals surface area contributed by atoms with Crippen molar-refractivity contribution < 1.29 is 0 Å². The van der Waals surface area contributed by atoms with Crippen molar-refractivity contribution in [3.8, 4) is 11.1 Å². The van der Waals surface area contributed by atoms with Crippen molar-refractivity contribution in [2.45, 2.75) is 12.5 Å². The van der Waals surface area contributed by atoms with Gasteiger partial charge in [-0.25, -0.2) is 0 Å². The van der Waals surface area contributed by atoms with E-state index >= 15 is 0 Å². The number of nitrogens with zero attached hydrogens (tertiary/aromatic N) is 2. The van der Waals surface area contributed by atoms with Crippen LogP contribution in [-0.2, 0) is 0 Å². The molecule has 2 nitrogen and oxygen atoms in total. The summed E-state index contributed by atoms with van der Waals surface area (Å²) in [7, 11) is 0. The lowest BCUT2D eigenvalue weighted by molar-refractivity contribution is 0.652. The molecule has 0 saturated heterocycles. The predicted molar refractivity (Wildman–Crippen MR) is 196 cm³/mol. The van der Waals surface area contributed by atoms with Gasteiger partial charge in [0.05, 0.1) is 6.04 Å². The summed E-state index contributed by atoms with van der Waals surface area (Å²) in [4.78, 5) is 4.82. The smallest absolute Gasteiger partial charge is 0.0559 e. The first-order chi connectivity index (χ1) is 22.8. The first-order valence-corrected chi connectivity index (χ1v) is 16.2. The largest absolute Gasteiger partial charge is 0.334 e. The van der Waals surface area contributed by atoms with Crippen molar-refractivity contribution in [1.82, 2.24) is 0 Å². The fourth-order valence-corrected chi connectivity index (χ4v) is 6.87. The molecule has 5 aromatic carbocycles. The van der Waals surface area contributed by atoms with E-state index in [2.05, 4.69) is 198 Å². The maximum absolute atomic E-state index is 2.46. The molecule has 0 N–H and O–H groups in total. The molecule has 3 atom stereocenters. The Hall–Kier alpha value is -5.60. The number of benzene rings is 5. The molecule has 0 spiro atoms. The summed E-state index contributed by atoms with van der Waals surface area (Å²) >= 11 is 0. The minimum atomic E-state index is 0.263. The average molecular weight is 593 g/mol. The monoisotopic (exact) mass is 592 g/mol. The van der Waals surface area contributed by atoms with Crippen LogP contribution in [0.25, 0.3) is 21.9 Å². The molecule has 46 heavy (non-hydrogen) atoms. The molecule has 5 aromatic rings. The van der Waals surface area contributed by atoms with Crippen molar-refractivity contribution in [3.63, 3.8) is 0 Å². The predicted octanol–water partition coefficient (Wildman–Crippen LogP) is 11.5. The summed E-state index contributed by atoms with van der Waals surface area (Å²) in [6.07, 6.45) is 25.7. The van der Waals surface area contributed by atoms with Gasteiger partial charge in [-0.3, -0.25) is 0 Å². The molecule has 222 valence electrons. The van der Waals surface area contributed by atoms with Gasteiger partial charge in [0.1, 0.15) is 0 Å². The van der Waals surface area contributed by atoms with Crippen LogP contribution in [0.1, 0.15) is 6.42 Å². The van der Waals surface area contributed by atoms with E-state index in [1.807, 2.05) is 0 Å². The number of hydrogen-bond donors (Lipinski definition) is 0. The molecular weight excluding hydrogens is 556 g/mol. The highest BCUT2D eigenvalue weighted by Gasteiger charge is 2.23. The van der Waals surface area contributed by atoms with Crippen LogP contribution in [0.5, 0.6) is 0 Å². The quantitative estimate of drug-likeness (QED) is 0.185. The molecular formula is C44H36N2. The van der Waals surface area contributed by atoms with Gasteiger partial charge in [-0.15, -0.1) is 0 Å². The van der Waals surface area contributed by atoms with E-state index in [-0.39, 0.29) is 6.04 Å². The molecule has 0 heterocycles. The zero-order chi connectivity index (χ0) is 30.7. The number of fused-ring (bicyclic) bond motifs is 2. The van der Waals surface area contributed by atoms with Crippen LogP contribution in [0.4, 0.5) is 22.7 Å². The number of rotatable bonds is 7. The van der Waals surface area contributed by atoms with Gasteiger partial charge in [0.15, 0.2) is 0 Å². The van der Waals surface area contributed by atoms with Crippen molar-refractivity contribution in [1.29, 1.82) is 0 Å². The molecule has 3 aliphatic carbocycles. The first-order valence-electron chi connectivity index (χ1n) is 16.2. The molecule has 0 aliphatic heterocycles. The van der Waals surface area contributed by atoms with E-state index in [1.165, 1.54) is 39.0 Å². The standard InChI is InChI=1S/C44H36N2/c1-3-15-39(16-4-1)45(43-29-23-33-11-7-9-13-37(33)31-43)41-25-19-35(20-26-41)36-21-27-42(28-22-36)46(40-17-5-2-6-18-40)44-30-24-34-12-8-10-14-38(34)32-44/h1-17,19-33,37,40H,18H2. The first kappa shape index (κ1) is 27.9. The lowest BCUT2D eigenvalue weighted by Crippen LogP contribution is -2.29. The molecule has 3 unspecified atom stereocenters. The fourth-order valence-electron chi connectivity index (χ4n) is 6.87. The van der Waals surface area contributed by atoms with E-state index in [1.54, 1.807) is 0 Å². The van der Waals surface area contributed by atoms with Gasteiger partial charge >= 0.3 is 0 Å². The summed E-state index contributed by atoms with van der Waals surface area (Å²) in [6.45, 7) is 0. The zero-order valence-electron chi connectivity index (χ0n) is 25.7. The Labute approximate surface area is 271 Å². The number of allylic oxidation sites excluding steroid dienone is 9. The Morgan fingerprint density at radius 1 is 0.478 bits per heavy atom. The number of anilines is 4. The van der Waals surface area contributed by atoms with E-state index in [9.17, 15) is 0 Å². The summed E-state index contributed by atoms with van der Waals surface area (Å²) < 4.78 is 0. The lowest BCUT2D eigenvalue weighted by atomic mass is 9.84. The van der Waals surface area contributed by atoms with Gasteiger partial charge in [-0.05, 0) is 82.9 Å². The summed E-state index contributed by atoms with van der Waals surface area (Å²) in [6, 6.07) is 44.3. The van der Waals surface area contributed by atoms with Crippen LogP contribution < -0.4 is 9.80 Å². The molecule has 0 amide bonds. The number of hydrogen-bond acceptors (Lipinski definition) is 2. The third kappa shape index (κ3) is 5.55. The Morgan fingerprint density at radius 2 is 1.11 bits per heavy atom. The Kier molecular flexibility index (Phi) is 7.54. The summed E-state index contributed by atoms with van der Waals surface area (Å²) in [5, 5.41) is 2.52. The number of para-hydroxylation sites is 1. The minimum Gasteiger partial charge on any atom is -0.334 e. The van der Waals surface area contributed by atoms with Gasteiger partial charge in [0.2, 0.25) is 0 Å². The zero-order valence-corrected chi connectivity index (χ0v) is 25.7. The van der Waals surface area contributed by atoms with Gasteiger partial charge in [0, 0.05) is 40.3 Å². The van der Waals surface area contributed by atoms with Crippen molar-refractivity contribution in [2.24, 2.45) is 11.8 Å². The van der Waals surface area contributed by atoms with Gasteiger partial charge in [-0.1, -0.05) is 134 Å². The van der Waals surface area contributed by atoms with Crippen LogP contribution in [-0.4, -0.2) is 6.04 Å². The second-order valence-corrected chi connectivity index (χ2v) is 12.2. The Bertz CT molecular complexity index is 2020. The van der Waals surface area contributed by atoms with Crippen LogP contribution in [0, 0.1) is 11.8 Å². The lowest BCUT2D eigenvalue weighted by Gasteiger charge is -2.33. The molecule has 0 fully saturated rings. The maximum atomic E-state index is 2.46. The Morgan fingerprint density at radius 3 is 1.85 bits per heavy atom. The van der Waals surface area contributed by atoms with Crippen LogP contribution in [0.15, 0.2) is 194 Å². The molecule has 0 aromatic heterocycles. The normalized spacial score (nSPS) is 19.6. The molecule has 0 bridgehead atoms. The van der Waals surface area contributed by atoms with E-state index in [4.69, 9.17) is 0 Å². The summed E-state index contributed by atoms with van der Waals surface area (Å²) in [5.74, 6) is 0.808.